The molecule has 0 spiro atoms. The highest BCUT2D eigenvalue weighted by Gasteiger charge is 2.28. The first kappa shape index (κ1) is 12.5. The van der Waals surface area contributed by atoms with Gasteiger partial charge in [0.25, 0.3) is 0 Å². The molecule has 0 unspecified atom stereocenters. The molecule has 9 nitrogen and oxygen atoms in total. The van der Waals surface area contributed by atoms with E-state index >= 15 is 0 Å². The van der Waals surface area contributed by atoms with Crippen LogP contribution in [0.3, 0.4) is 0 Å². The number of thiophene rings is 1. The van der Waals surface area contributed by atoms with Crippen LogP contribution in [0.4, 0.5) is 4.79 Å². The van der Waals surface area contributed by atoms with Crippen molar-refractivity contribution in [2.45, 2.75) is 6.54 Å². The van der Waals surface area contributed by atoms with E-state index in [1.807, 2.05) is 5.38 Å². The Labute approximate surface area is 116 Å². The first-order valence-electron chi connectivity index (χ1n) is 5.82. The normalized spacial score (nSPS) is 14.9. The number of tetrazole rings is 1. The van der Waals surface area contributed by atoms with Gasteiger partial charge in [0, 0.05) is 0 Å². The van der Waals surface area contributed by atoms with E-state index in [1.165, 1.54) is 16.0 Å². The van der Waals surface area contributed by atoms with Crippen LogP contribution in [-0.2, 0) is 11.3 Å². The number of rotatable bonds is 4. The van der Waals surface area contributed by atoms with Gasteiger partial charge in [0.15, 0.2) is 0 Å². The molecular weight excluding hydrogens is 284 g/mol. The Balaban J connectivity index is 1.75. The van der Waals surface area contributed by atoms with E-state index in [9.17, 15) is 14.4 Å². The van der Waals surface area contributed by atoms with Gasteiger partial charge in [-0.15, -0.1) is 11.3 Å². The van der Waals surface area contributed by atoms with Gasteiger partial charge in [0.05, 0.1) is 19.6 Å². The Bertz CT molecular complexity index is 687. The van der Waals surface area contributed by atoms with Crippen molar-refractivity contribution in [3.8, 4) is 5.00 Å². The van der Waals surface area contributed by atoms with Crippen molar-refractivity contribution in [1.29, 1.82) is 0 Å². The Morgan fingerprint density at radius 3 is 2.75 bits per heavy atom. The fraction of sp³-hybridized carbons (Fsp3) is 0.300. The van der Waals surface area contributed by atoms with Crippen LogP contribution >= 0.6 is 11.3 Å². The average molecular weight is 294 g/mol. The van der Waals surface area contributed by atoms with Crippen LogP contribution in [-0.4, -0.2) is 49.7 Å². The lowest BCUT2D eigenvalue weighted by Crippen LogP contribution is -2.36. The maximum absolute atomic E-state index is 12.0. The standard InChI is InChI=1S/C10H10N6O3S/c17-7-6-11-9(18)14(7)3-4-15-10(19)16(13-12-15)8-2-1-5-20-8/h1-2,5H,3-4,6H2,(H,11,18). The maximum atomic E-state index is 12.0. The van der Waals surface area contributed by atoms with Gasteiger partial charge in [-0.25, -0.2) is 9.59 Å². The summed E-state index contributed by atoms with van der Waals surface area (Å²) in [6, 6.07) is 3.11. The highest BCUT2D eigenvalue weighted by Crippen LogP contribution is 2.10. The number of nitrogens with zero attached hydrogens (tertiary/aromatic N) is 5. The summed E-state index contributed by atoms with van der Waals surface area (Å²) in [6.45, 7) is 0.201. The second-order valence-corrected chi connectivity index (χ2v) is 4.98. The molecule has 3 rings (SSSR count). The van der Waals surface area contributed by atoms with E-state index < -0.39 is 11.7 Å². The van der Waals surface area contributed by atoms with E-state index in [4.69, 9.17) is 0 Å². The SMILES string of the molecule is O=C1CNC(=O)N1CCn1nnn(-c2cccs2)c1=O. The molecule has 1 aliphatic rings. The summed E-state index contributed by atoms with van der Waals surface area (Å²) in [7, 11) is 0. The minimum Gasteiger partial charge on any atom is -0.329 e. The number of imide groups is 1. The van der Waals surface area contributed by atoms with Gasteiger partial charge in [-0.3, -0.25) is 9.69 Å². The lowest BCUT2D eigenvalue weighted by molar-refractivity contribution is -0.125. The second kappa shape index (κ2) is 4.89. The number of aromatic nitrogens is 4. The van der Waals surface area contributed by atoms with E-state index in [1.54, 1.807) is 12.1 Å². The third kappa shape index (κ3) is 2.09. The summed E-state index contributed by atoms with van der Waals surface area (Å²) in [6.07, 6.45) is 0. The van der Waals surface area contributed by atoms with Crippen molar-refractivity contribution in [1.82, 2.24) is 30.0 Å². The summed E-state index contributed by atoms with van der Waals surface area (Å²) in [5.74, 6) is -0.311. The molecule has 1 N–H and O–H groups in total. The van der Waals surface area contributed by atoms with Crippen LogP contribution in [0, 0.1) is 0 Å². The minimum atomic E-state index is -0.450. The van der Waals surface area contributed by atoms with Crippen molar-refractivity contribution in [3.63, 3.8) is 0 Å². The van der Waals surface area contributed by atoms with Crippen molar-refractivity contribution in [2.24, 2.45) is 0 Å². The van der Waals surface area contributed by atoms with Crippen molar-refractivity contribution >= 4 is 23.3 Å². The zero-order valence-corrected chi connectivity index (χ0v) is 11.0. The molecule has 104 valence electrons. The summed E-state index contributed by atoms with van der Waals surface area (Å²) in [5, 5.41) is 12.4. The van der Waals surface area contributed by atoms with Crippen LogP contribution in [0.1, 0.15) is 0 Å². The summed E-state index contributed by atoms with van der Waals surface area (Å²) < 4.78 is 2.30. The van der Waals surface area contributed by atoms with Crippen LogP contribution in [0.5, 0.6) is 0 Å². The summed E-state index contributed by atoms with van der Waals surface area (Å²) >= 11 is 1.37. The number of hydrogen-bond donors (Lipinski definition) is 1. The Hall–Kier alpha value is -2.49. The van der Waals surface area contributed by atoms with Crippen LogP contribution in [0.2, 0.25) is 0 Å². The predicted molar refractivity (Wildman–Crippen MR) is 68.6 cm³/mol. The second-order valence-electron chi connectivity index (χ2n) is 4.05. The van der Waals surface area contributed by atoms with Gasteiger partial charge < -0.3 is 5.32 Å². The fourth-order valence-corrected chi connectivity index (χ4v) is 2.49. The van der Waals surface area contributed by atoms with Gasteiger partial charge in [-0.2, -0.15) is 9.36 Å². The molecule has 0 radical (unpaired) electrons. The number of urea groups is 1. The molecule has 2 aromatic rings. The smallest absolute Gasteiger partial charge is 0.329 e. The molecule has 0 aromatic carbocycles. The third-order valence-electron chi connectivity index (χ3n) is 2.83. The van der Waals surface area contributed by atoms with Gasteiger partial charge in [0.2, 0.25) is 5.91 Å². The number of nitrogens with one attached hydrogen (secondary N) is 1. The molecule has 0 saturated carbocycles. The molecular formula is C10H10N6O3S. The molecule has 10 heteroatoms. The number of amides is 3. The number of carbonyl (C=O) groups is 2. The Morgan fingerprint density at radius 2 is 2.10 bits per heavy atom. The third-order valence-corrected chi connectivity index (χ3v) is 3.67. The van der Waals surface area contributed by atoms with Gasteiger partial charge in [-0.1, -0.05) is 0 Å². The lowest BCUT2D eigenvalue weighted by Gasteiger charge is -2.10. The Kier molecular flexibility index (Phi) is 3.06. The summed E-state index contributed by atoms with van der Waals surface area (Å²) in [5.41, 5.74) is -0.403. The zero-order valence-electron chi connectivity index (χ0n) is 10.2. The minimum absolute atomic E-state index is 0.00435. The van der Waals surface area contributed by atoms with E-state index in [0.29, 0.717) is 5.00 Å². The Morgan fingerprint density at radius 1 is 1.25 bits per heavy atom. The molecule has 2 aromatic heterocycles. The highest BCUT2D eigenvalue weighted by molar-refractivity contribution is 7.12. The summed E-state index contributed by atoms with van der Waals surface area (Å²) in [4.78, 5) is 35.8. The molecule has 1 aliphatic heterocycles. The lowest BCUT2D eigenvalue weighted by atomic mass is 10.5. The number of hydrogen-bond acceptors (Lipinski definition) is 6. The monoisotopic (exact) mass is 294 g/mol. The quantitative estimate of drug-likeness (QED) is 0.732. The average Bonchev–Trinajstić information content (AvgIpc) is 3.12. The fourth-order valence-electron chi connectivity index (χ4n) is 1.82. The van der Waals surface area contributed by atoms with Crippen LogP contribution in [0.25, 0.3) is 5.00 Å². The first-order chi connectivity index (χ1) is 9.66. The van der Waals surface area contributed by atoms with E-state index in [-0.39, 0.29) is 25.5 Å². The molecule has 3 heterocycles. The van der Waals surface area contributed by atoms with Gasteiger partial charge in [0.1, 0.15) is 5.00 Å². The molecule has 3 amide bonds. The number of carbonyl (C=O) groups excluding carboxylic acids is 2. The van der Waals surface area contributed by atoms with Crippen molar-refractivity contribution < 1.29 is 9.59 Å². The molecule has 0 atom stereocenters. The molecule has 20 heavy (non-hydrogen) atoms. The van der Waals surface area contributed by atoms with Gasteiger partial charge in [-0.05, 0) is 27.9 Å². The van der Waals surface area contributed by atoms with E-state index in [2.05, 4.69) is 15.7 Å². The first-order valence-corrected chi connectivity index (χ1v) is 6.69. The predicted octanol–water partition coefficient (Wildman–Crippen LogP) is -0.958. The van der Waals surface area contributed by atoms with Crippen LogP contribution in [0.15, 0.2) is 22.3 Å². The topological polar surface area (TPSA) is 102 Å². The van der Waals surface area contributed by atoms with Crippen LogP contribution < -0.4 is 11.0 Å². The molecule has 0 aliphatic carbocycles. The van der Waals surface area contributed by atoms with Crippen molar-refractivity contribution in [2.75, 3.05) is 13.1 Å². The highest BCUT2D eigenvalue weighted by atomic mass is 32.1. The van der Waals surface area contributed by atoms with Gasteiger partial charge >= 0.3 is 11.7 Å². The largest absolute Gasteiger partial charge is 0.369 e. The zero-order chi connectivity index (χ0) is 14.1. The molecule has 1 fully saturated rings. The molecule has 1 saturated heterocycles. The molecule has 0 bridgehead atoms. The maximum Gasteiger partial charge on any atom is 0.369 e. The van der Waals surface area contributed by atoms with Crippen molar-refractivity contribution in [3.05, 3.63) is 28.0 Å². The van der Waals surface area contributed by atoms with E-state index in [0.717, 1.165) is 9.58 Å².